The summed E-state index contributed by atoms with van der Waals surface area (Å²) in [5, 5.41) is 3.62. The summed E-state index contributed by atoms with van der Waals surface area (Å²) in [6, 6.07) is 8.96. The summed E-state index contributed by atoms with van der Waals surface area (Å²) in [4.78, 5) is 2.60. The Morgan fingerprint density at radius 2 is 1.76 bits per heavy atom. The third-order valence-corrected chi connectivity index (χ3v) is 4.55. The van der Waals surface area contributed by atoms with Crippen LogP contribution in [-0.2, 0) is 0 Å². The molecule has 3 atom stereocenters. The lowest BCUT2D eigenvalue weighted by atomic mass is 10.0. The summed E-state index contributed by atoms with van der Waals surface area (Å²) in [6.07, 6.45) is 0. The number of rotatable bonds is 7. The highest BCUT2D eigenvalue weighted by molar-refractivity contribution is 5.29. The van der Waals surface area contributed by atoms with Crippen molar-refractivity contribution in [1.82, 2.24) is 10.2 Å². The molecule has 0 aliphatic carbocycles. The van der Waals surface area contributed by atoms with E-state index in [1.807, 2.05) is 6.92 Å². The maximum atomic E-state index is 5.53. The van der Waals surface area contributed by atoms with Crippen molar-refractivity contribution < 1.29 is 4.74 Å². The van der Waals surface area contributed by atoms with Crippen LogP contribution in [0.1, 0.15) is 39.3 Å². The van der Waals surface area contributed by atoms with Crippen LogP contribution in [0.3, 0.4) is 0 Å². The lowest BCUT2D eigenvalue weighted by Gasteiger charge is -2.25. The monoisotopic (exact) mass is 290 g/mol. The highest BCUT2D eigenvalue weighted by Gasteiger charge is 2.27. The topological polar surface area (TPSA) is 24.5 Å². The number of likely N-dealkylation sites (N-methyl/N-ethyl adjacent to an activating group) is 1. The van der Waals surface area contributed by atoms with Gasteiger partial charge in [0.15, 0.2) is 0 Å². The zero-order valence-electron chi connectivity index (χ0n) is 13.9. The zero-order valence-corrected chi connectivity index (χ0v) is 13.9. The first-order valence-electron chi connectivity index (χ1n) is 8.32. The summed E-state index contributed by atoms with van der Waals surface area (Å²) in [7, 11) is 0. The molecule has 0 amide bonds. The molecule has 21 heavy (non-hydrogen) atoms. The molecule has 1 fully saturated rings. The van der Waals surface area contributed by atoms with Crippen molar-refractivity contribution in [3.8, 4) is 5.75 Å². The van der Waals surface area contributed by atoms with Crippen molar-refractivity contribution in [3.05, 3.63) is 29.8 Å². The first-order chi connectivity index (χ1) is 10.1. The van der Waals surface area contributed by atoms with Crippen molar-refractivity contribution >= 4 is 0 Å². The van der Waals surface area contributed by atoms with Gasteiger partial charge in [0.2, 0.25) is 0 Å². The van der Waals surface area contributed by atoms with Crippen molar-refractivity contribution in [1.29, 1.82) is 0 Å². The van der Waals surface area contributed by atoms with E-state index in [0.717, 1.165) is 37.3 Å². The van der Waals surface area contributed by atoms with Crippen LogP contribution in [0.15, 0.2) is 24.3 Å². The molecule has 1 heterocycles. The quantitative estimate of drug-likeness (QED) is 0.833. The van der Waals surface area contributed by atoms with E-state index in [1.54, 1.807) is 0 Å². The van der Waals surface area contributed by atoms with Gasteiger partial charge in [-0.15, -0.1) is 0 Å². The first kappa shape index (κ1) is 16.3. The standard InChI is InChI=1S/C18H30N2O/c1-5-19-18(13-20-11-14(3)15(4)12-20)16-7-9-17(10-8-16)21-6-2/h7-10,14-15,18-19H,5-6,11-13H2,1-4H3. The van der Waals surface area contributed by atoms with Gasteiger partial charge in [0, 0.05) is 25.7 Å². The Bertz CT molecular complexity index is 408. The van der Waals surface area contributed by atoms with Gasteiger partial charge in [0.05, 0.1) is 6.61 Å². The molecule has 1 aliphatic rings. The Labute approximate surface area is 129 Å². The molecule has 0 aromatic heterocycles. The summed E-state index contributed by atoms with van der Waals surface area (Å²) in [5.41, 5.74) is 1.35. The Morgan fingerprint density at radius 1 is 1.14 bits per heavy atom. The molecule has 2 rings (SSSR count). The van der Waals surface area contributed by atoms with E-state index in [1.165, 1.54) is 18.7 Å². The molecule has 0 saturated carbocycles. The van der Waals surface area contributed by atoms with Crippen LogP contribution >= 0.6 is 0 Å². The van der Waals surface area contributed by atoms with Crippen LogP contribution < -0.4 is 10.1 Å². The molecular formula is C18H30N2O. The van der Waals surface area contributed by atoms with Crippen LogP contribution in [0.2, 0.25) is 0 Å². The van der Waals surface area contributed by atoms with E-state index in [9.17, 15) is 0 Å². The number of likely N-dealkylation sites (tertiary alicyclic amines) is 1. The molecule has 1 aliphatic heterocycles. The van der Waals surface area contributed by atoms with Crippen molar-refractivity contribution in [2.24, 2.45) is 11.8 Å². The highest BCUT2D eigenvalue weighted by atomic mass is 16.5. The molecule has 1 aromatic carbocycles. The molecule has 3 heteroatoms. The summed E-state index contributed by atoms with van der Waals surface area (Å²) in [6.45, 7) is 14.2. The van der Waals surface area contributed by atoms with Gasteiger partial charge < -0.3 is 15.0 Å². The number of nitrogens with one attached hydrogen (secondary N) is 1. The Balaban J connectivity index is 2.01. The Hall–Kier alpha value is -1.06. The maximum Gasteiger partial charge on any atom is 0.119 e. The van der Waals surface area contributed by atoms with Gasteiger partial charge in [-0.3, -0.25) is 0 Å². The summed E-state index contributed by atoms with van der Waals surface area (Å²) >= 11 is 0. The van der Waals surface area contributed by atoms with Crippen LogP contribution in [0.5, 0.6) is 5.75 Å². The summed E-state index contributed by atoms with van der Waals surface area (Å²) in [5.74, 6) is 2.58. The first-order valence-corrected chi connectivity index (χ1v) is 8.32. The second kappa shape index (κ2) is 7.81. The minimum atomic E-state index is 0.406. The van der Waals surface area contributed by atoms with Crippen molar-refractivity contribution in [3.63, 3.8) is 0 Å². The molecule has 0 spiro atoms. The van der Waals surface area contributed by atoms with E-state index in [-0.39, 0.29) is 0 Å². The predicted octanol–water partition coefficient (Wildman–Crippen LogP) is 3.32. The number of ether oxygens (including phenoxy) is 1. The van der Waals surface area contributed by atoms with Crippen molar-refractivity contribution in [2.75, 3.05) is 32.8 Å². The van der Waals surface area contributed by atoms with Gasteiger partial charge in [-0.2, -0.15) is 0 Å². The van der Waals surface area contributed by atoms with Gasteiger partial charge in [-0.05, 0) is 43.0 Å². The van der Waals surface area contributed by atoms with Crippen molar-refractivity contribution in [2.45, 2.75) is 33.7 Å². The normalized spacial score (nSPS) is 24.2. The minimum absolute atomic E-state index is 0.406. The maximum absolute atomic E-state index is 5.53. The highest BCUT2D eigenvalue weighted by Crippen LogP contribution is 2.25. The Morgan fingerprint density at radius 3 is 2.29 bits per heavy atom. The average molecular weight is 290 g/mol. The van der Waals surface area contributed by atoms with E-state index < -0.39 is 0 Å². The van der Waals surface area contributed by atoms with Crippen LogP contribution in [0, 0.1) is 11.8 Å². The fourth-order valence-corrected chi connectivity index (χ4v) is 3.15. The van der Waals surface area contributed by atoms with Gasteiger partial charge >= 0.3 is 0 Å². The second-order valence-electron chi connectivity index (χ2n) is 6.29. The minimum Gasteiger partial charge on any atom is -0.494 e. The second-order valence-corrected chi connectivity index (χ2v) is 6.29. The fraction of sp³-hybridized carbons (Fsp3) is 0.667. The van der Waals surface area contributed by atoms with Gasteiger partial charge in [0.1, 0.15) is 5.75 Å². The molecule has 1 saturated heterocycles. The molecule has 3 nitrogen and oxygen atoms in total. The molecule has 0 bridgehead atoms. The zero-order chi connectivity index (χ0) is 15.2. The third-order valence-electron chi connectivity index (χ3n) is 4.55. The van der Waals surface area contributed by atoms with E-state index in [0.29, 0.717) is 6.04 Å². The largest absolute Gasteiger partial charge is 0.494 e. The van der Waals surface area contributed by atoms with E-state index in [4.69, 9.17) is 4.74 Å². The summed E-state index contributed by atoms with van der Waals surface area (Å²) < 4.78 is 5.53. The third kappa shape index (κ3) is 4.45. The number of hydrogen-bond donors (Lipinski definition) is 1. The van der Waals surface area contributed by atoms with E-state index in [2.05, 4.69) is 55.3 Å². The lowest BCUT2D eigenvalue weighted by molar-refractivity contribution is 0.283. The van der Waals surface area contributed by atoms with Crippen LogP contribution in [0.25, 0.3) is 0 Å². The van der Waals surface area contributed by atoms with Crippen LogP contribution in [0.4, 0.5) is 0 Å². The lowest BCUT2D eigenvalue weighted by Crippen LogP contribution is -2.34. The molecule has 3 unspecified atom stereocenters. The molecule has 1 N–H and O–H groups in total. The smallest absolute Gasteiger partial charge is 0.119 e. The van der Waals surface area contributed by atoms with Gasteiger partial charge in [-0.25, -0.2) is 0 Å². The fourth-order valence-electron chi connectivity index (χ4n) is 3.15. The average Bonchev–Trinajstić information content (AvgIpc) is 2.78. The molecule has 118 valence electrons. The van der Waals surface area contributed by atoms with Gasteiger partial charge in [0.25, 0.3) is 0 Å². The molecular weight excluding hydrogens is 260 g/mol. The van der Waals surface area contributed by atoms with E-state index >= 15 is 0 Å². The predicted molar refractivity (Wildman–Crippen MR) is 88.8 cm³/mol. The SMILES string of the molecule is CCNC(CN1CC(C)C(C)C1)c1ccc(OCC)cc1. The Kier molecular flexibility index (Phi) is 6.07. The van der Waals surface area contributed by atoms with Gasteiger partial charge in [-0.1, -0.05) is 32.9 Å². The molecule has 0 radical (unpaired) electrons. The van der Waals surface area contributed by atoms with Crippen LogP contribution in [-0.4, -0.2) is 37.7 Å². The number of nitrogens with zero attached hydrogens (tertiary/aromatic N) is 1. The number of benzene rings is 1. The number of hydrogen-bond acceptors (Lipinski definition) is 3. The molecule has 1 aromatic rings.